The number of nitriles is 1. The fraction of sp³-hybridized carbons (Fsp3) is 0.333. The molecule has 3 aromatic carbocycles. The van der Waals surface area contributed by atoms with Crippen LogP contribution in [0.4, 0.5) is 5.95 Å². The first kappa shape index (κ1) is 31.2. The summed E-state index contributed by atoms with van der Waals surface area (Å²) in [4.78, 5) is 22.9. The Labute approximate surface area is 254 Å². The molecular weight excluding hydrogens is 536 g/mol. The van der Waals surface area contributed by atoms with E-state index in [1.807, 2.05) is 19.1 Å². The summed E-state index contributed by atoms with van der Waals surface area (Å²) in [6, 6.07) is 21.3. The average molecular weight is 577 g/mol. The predicted molar refractivity (Wildman–Crippen MR) is 170 cm³/mol. The minimum atomic E-state index is -1.04. The molecule has 222 valence electrons. The van der Waals surface area contributed by atoms with E-state index in [1.54, 1.807) is 26.2 Å². The van der Waals surface area contributed by atoms with Crippen LogP contribution in [0.25, 0.3) is 11.1 Å². The lowest BCUT2D eigenvalue weighted by molar-refractivity contribution is -0.148. The standard InChI is InChI=1S/C36H40N4O3/c1-23(2)29-10-9-26(5)33(16-29)32-11-8-24(3)14-30(32)21-40(20-28-13-25(4)12-27(15-28)17-37)35-38-18-31(19-39-35)43-22-36(6,7)34(41)42/h8-16,18-19,23H,20-22H2,1-7H3,(H,41,42). The highest BCUT2D eigenvalue weighted by molar-refractivity contribution is 5.74. The van der Waals surface area contributed by atoms with Gasteiger partial charge >= 0.3 is 5.97 Å². The molecule has 0 aliphatic carbocycles. The van der Waals surface area contributed by atoms with Crippen LogP contribution in [0, 0.1) is 37.5 Å². The number of ether oxygens (including phenoxy) is 1. The van der Waals surface area contributed by atoms with Gasteiger partial charge in [0.1, 0.15) is 6.61 Å². The normalized spacial score (nSPS) is 11.3. The Kier molecular flexibility index (Phi) is 9.50. The van der Waals surface area contributed by atoms with Crippen LogP contribution in [-0.2, 0) is 17.9 Å². The van der Waals surface area contributed by atoms with Crippen LogP contribution in [0.5, 0.6) is 5.75 Å². The molecule has 7 nitrogen and oxygen atoms in total. The molecule has 0 amide bonds. The number of carboxylic acid groups (broad SMARTS) is 1. The van der Waals surface area contributed by atoms with Crippen molar-refractivity contribution in [3.63, 3.8) is 0 Å². The number of anilines is 1. The van der Waals surface area contributed by atoms with Gasteiger partial charge in [-0.05, 0) is 91.6 Å². The van der Waals surface area contributed by atoms with E-state index in [9.17, 15) is 15.2 Å². The maximum Gasteiger partial charge on any atom is 0.312 e. The summed E-state index contributed by atoms with van der Waals surface area (Å²) in [5.74, 6) is 0.382. The zero-order valence-electron chi connectivity index (χ0n) is 26.1. The van der Waals surface area contributed by atoms with E-state index >= 15 is 0 Å². The lowest BCUT2D eigenvalue weighted by Gasteiger charge is -2.26. The molecule has 7 heteroatoms. The van der Waals surface area contributed by atoms with Crippen molar-refractivity contribution in [2.45, 2.75) is 67.5 Å². The van der Waals surface area contributed by atoms with Crippen molar-refractivity contribution in [1.82, 2.24) is 9.97 Å². The first-order valence-electron chi connectivity index (χ1n) is 14.5. The Morgan fingerprint density at radius 3 is 2.33 bits per heavy atom. The Bertz CT molecular complexity index is 1650. The van der Waals surface area contributed by atoms with E-state index in [1.165, 1.54) is 16.7 Å². The second kappa shape index (κ2) is 13.1. The fourth-order valence-electron chi connectivity index (χ4n) is 4.92. The maximum atomic E-state index is 11.5. The summed E-state index contributed by atoms with van der Waals surface area (Å²) < 4.78 is 5.73. The number of aliphatic carboxylic acids is 1. The molecule has 0 fully saturated rings. The third kappa shape index (κ3) is 7.78. The van der Waals surface area contributed by atoms with E-state index in [4.69, 9.17) is 4.74 Å². The summed E-state index contributed by atoms with van der Waals surface area (Å²) in [5, 5.41) is 19.0. The number of rotatable bonds is 11. The maximum absolute atomic E-state index is 11.5. The molecule has 0 saturated carbocycles. The Balaban J connectivity index is 1.74. The topological polar surface area (TPSA) is 99.3 Å². The van der Waals surface area contributed by atoms with Gasteiger partial charge in [0.15, 0.2) is 5.75 Å². The van der Waals surface area contributed by atoms with Crippen LogP contribution >= 0.6 is 0 Å². The van der Waals surface area contributed by atoms with Gasteiger partial charge in [-0.25, -0.2) is 9.97 Å². The van der Waals surface area contributed by atoms with Crippen LogP contribution in [0.1, 0.15) is 72.6 Å². The molecule has 0 aliphatic heterocycles. The number of hydrogen-bond acceptors (Lipinski definition) is 6. The number of carboxylic acids is 1. The summed E-state index contributed by atoms with van der Waals surface area (Å²) >= 11 is 0. The summed E-state index contributed by atoms with van der Waals surface area (Å²) in [7, 11) is 0. The zero-order chi connectivity index (χ0) is 31.3. The summed E-state index contributed by atoms with van der Waals surface area (Å²) in [6.45, 7) is 14.9. The largest absolute Gasteiger partial charge is 0.489 e. The van der Waals surface area contributed by atoms with Crippen molar-refractivity contribution in [3.8, 4) is 22.9 Å². The van der Waals surface area contributed by atoms with Crippen LogP contribution in [-0.4, -0.2) is 27.7 Å². The third-order valence-electron chi connectivity index (χ3n) is 7.56. The average Bonchev–Trinajstić information content (AvgIpc) is 2.96. The molecule has 0 unspecified atom stereocenters. The molecule has 0 radical (unpaired) electrons. The number of aryl methyl sites for hydroxylation is 3. The van der Waals surface area contributed by atoms with Crippen LogP contribution in [0.3, 0.4) is 0 Å². The molecule has 4 rings (SSSR count). The number of carbonyl (C=O) groups is 1. The quantitative estimate of drug-likeness (QED) is 0.195. The smallest absolute Gasteiger partial charge is 0.312 e. The fourth-order valence-corrected chi connectivity index (χ4v) is 4.92. The molecule has 1 heterocycles. The predicted octanol–water partition coefficient (Wildman–Crippen LogP) is 7.76. The molecule has 0 spiro atoms. The van der Waals surface area contributed by atoms with E-state index in [0.29, 0.717) is 36.3 Å². The van der Waals surface area contributed by atoms with Crippen molar-refractivity contribution in [1.29, 1.82) is 5.26 Å². The number of aromatic nitrogens is 2. The van der Waals surface area contributed by atoms with Crippen molar-refractivity contribution in [3.05, 3.63) is 106 Å². The van der Waals surface area contributed by atoms with Gasteiger partial charge in [-0.3, -0.25) is 4.79 Å². The Hall–Kier alpha value is -4.70. The molecule has 0 aliphatic rings. The Morgan fingerprint density at radius 2 is 1.67 bits per heavy atom. The van der Waals surface area contributed by atoms with E-state index < -0.39 is 11.4 Å². The van der Waals surface area contributed by atoms with E-state index in [0.717, 1.165) is 27.8 Å². The second-order valence-corrected chi connectivity index (χ2v) is 12.3. The lowest BCUT2D eigenvalue weighted by atomic mass is 9.90. The van der Waals surface area contributed by atoms with Gasteiger partial charge in [-0.1, -0.05) is 61.9 Å². The van der Waals surface area contributed by atoms with Crippen LogP contribution in [0.15, 0.2) is 67.0 Å². The van der Waals surface area contributed by atoms with Crippen LogP contribution in [0.2, 0.25) is 0 Å². The minimum Gasteiger partial charge on any atom is -0.489 e. The number of benzene rings is 3. The van der Waals surface area contributed by atoms with Gasteiger partial charge in [-0.15, -0.1) is 0 Å². The van der Waals surface area contributed by atoms with Crippen molar-refractivity contribution in [2.75, 3.05) is 11.5 Å². The molecule has 0 atom stereocenters. The molecule has 0 bridgehead atoms. The van der Waals surface area contributed by atoms with Gasteiger partial charge in [-0.2, -0.15) is 5.26 Å². The van der Waals surface area contributed by atoms with Gasteiger partial charge in [0.25, 0.3) is 0 Å². The first-order valence-corrected chi connectivity index (χ1v) is 14.5. The first-order chi connectivity index (χ1) is 20.4. The van der Waals surface area contributed by atoms with Gasteiger partial charge in [0.05, 0.1) is 29.4 Å². The summed E-state index contributed by atoms with van der Waals surface area (Å²) in [6.07, 6.45) is 3.16. The third-order valence-corrected chi connectivity index (χ3v) is 7.56. The highest BCUT2D eigenvalue weighted by atomic mass is 16.5. The van der Waals surface area contributed by atoms with E-state index in [-0.39, 0.29) is 6.61 Å². The molecule has 43 heavy (non-hydrogen) atoms. The minimum absolute atomic E-state index is 0.00354. The van der Waals surface area contributed by atoms with Crippen molar-refractivity contribution in [2.24, 2.45) is 5.41 Å². The lowest BCUT2D eigenvalue weighted by Crippen LogP contribution is -2.30. The summed E-state index contributed by atoms with van der Waals surface area (Å²) in [5.41, 5.74) is 8.72. The molecular formula is C36H40N4O3. The molecule has 0 saturated heterocycles. The SMILES string of the molecule is Cc1cc(C#N)cc(CN(Cc2cc(C)ccc2-c2cc(C(C)C)ccc2C)c2ncc(OCC(C)(C)C(=O)O)cn2)c1. The second-order valence-electron chi connectivity index (χ2n) is 12.3. The molecule has 4 aromatic rings. The molecule has 1 aromatic heterocycles. The van der Waals surface area contributed by atoms with Gasteiger partial charge in [0, 0.05) is 13.1 Å². The number of hydrogen-bond donors (Lipinski definition) is 1. The highest BCUT2D eigenvalue weighted by Gasteiger charge is 2.28. The monoisotopic (exact) mass is 576 g/mol. The number of nitrogens with zero attached hydrogens (tertiary/aromatic N) is 4. The van der Waals surface area contributed by atoms with Crippen LogP contribution < -0.4 is 9.64 Å². The van der Waals surface area contributed by atoms with E-state index in [2.05, 4.69) is 91.1 Å². The zero-order valence-corrected chi connectivity index (χ0v) is 26.1. The Morgan fingerprint density at radius 1 is 0.953 bits per heavy atom. The molecule has 1 N–H and O–H groups in total. The van der Waals surface area contributed by atoms with Gasteiger partial charge < -0.3 is 14.7 Å². The highest BCUT2D eigenvalue weighted by Crippen LogP contribution is 2.32. The van der Waals surface area contributed by atoms with Crippen molar-refractivity contribution < 1.29 is 14.6 Å². The van der Waals surface area contributed by atoms with Crippen molar-refractivity contribution >= 4 is 11.9 Å². The van der Waals surface area contributed by atoms with Gasteiger partial charge in [0.2, 0.25) is 5.95 Å².